The molecule has 0 saturated heterocycles. The molecule has 0 saturated carbocycles. The van der Waals surface area contributed by atoms with Gasteiger partial charge in [-0.05, 0) is 26.3 Å². The fourth-order valence-electron chi connectivity index (χ4n) is 1.70. The van der Waals surface area contributed by atoms with E-state index in [2.05, 4.69) is 31.2 Å². The Balaban J connectivity index is 2.86. The molecule has 0 aliphatic heterocycles. The topological polar surface area (TPSA) is 46.2 Å². The number of thioether (sulfide) groups is 1. The summed E-state index contributed by atoms with van der Waals surface area (Å²) >= 11 is 1.75. The molecule has 0 radical (unpaired) electrons. The van der Waals surface area contributed by atoms with Gasteiger partial charge in [0.2, 0.25) is 0 Å². The first kappa shape index (κ1) is 14.6. The van der Waals surface area contributed by atoms with Crippen LogP contribution in [0.5, 0.6) is 0 Å². The minimum absolute atomic E-state index is 0.0722. The van der Waals surface area contributed by atoms with Gasteiger partial charge >= 0.3 is 0 Å². The lowest BCUT2D eigenvalue weighted by Gasteiger charge is -2.26. The molecule has 0 aliphatic carbocycles. The molecule has 0 bridgehead atoms. The summed E-state index contributed by atoms with van der Waals surface area (Å²) in [4.78, 5) is 0. The zero-order valence-electron chi connectivity index (χ0n) is 11.1. The quantitative estimate of drug-likeness (QED) is 0.848. The number of hydrogen-bond donors (Lipinski definition) is 2. The fraction of sp³-hybridized carbons (Fsp3) is 0.571. The van der Waals surface area contributed by atoms with Gasteiger partial charge in [-0.3, -0.25) is 0 Å². The number of aliphatic hydroxyl groups excluding tert-OH is 1. The van der Waals surface area contributed by atoms with E-state index in [0.717, 1.165) is 0 Å². The molecule has 96 valence electrons. The summed E-state index contributed by atoms with van der Waals surface area (Å²) in [5, 5.41) is 10.0. The van der Waals surface area contributed by atoms with E-state index in [4.69, 9.17) is 5.73 Å². The molecule has 0 spiro atoms. The van der Waals surface area contributed by atoms with Crippen molar-refractivity contribution in [1.82, 2.24) is 0 Å². The largest absolute Gasteiger partial charge is 0.392 e. The Labute approximate surface area is 109 Å². The number of benzene rings is 1. The first-order valence-corrected chi connectivity index (χ1v) is 7.01. The SMILES string of the molecule is Cc1cccc(C(SC(C)C(C)O)C(C)N)c1. The molecule has 0 aliphatic rings. The summed E-state index contributed by atoms with van der Waals surface area (Å²) in [5.74, 6) is 0. The van der Waals surface area contributed by atoms with E-state index in [9.17, 15) is 5.11 Å². The van der Waals surface area contributed by atoms with Crippen LogP contribution in [0.15, 0.2) is 24.3 Å². The molecule has 4 atom stereocenters. The van der Waals surface area contributed by atoms with Gasteiger partial charge in [-0.25, -0.2) is 0 Å². The van der Waals surface area contributed by atoms with Crippen LogP contribution in [0, 0.1) is 6.92 Å². The van der Waals surface area contributed by atoms with Crippen molar-refractivity contribution in [3.8, 4) is 0 Å². The van der Waals surface area contributed by atoms with E-state index in [1.54, 1.807) is 11.8 Å². The molecule has 1 aromatic carbocycles. The van der Waals surface area contributed by atoms with Gasteiger partial charge in [0.05, 0.1) is 6.10 Å². The van der Waals surface area contributed by atoms with Gasteiger partial charge in [0.15, 0.2) is 0 Å². The van der Waals surface area contributed by atoms with E-state index in [1.165, 1.54) is 11.1 Å². The number of rotatable bonds is 5. The molecule has 0 fully saturated rings. The average molecular weight is 253 g/mol. The lowest BCUT2D eigenvalue weighted by atomic mass is 10.0. The summed E-state index contributed by atoms with van der Waals surface area (Å²) < 4.78 is 0. The summed E-state index contributed by atoms with van der Waals surface area (Å²) in [5.41, 5.74) is 8.56. The fourth-order valence-corrected chi connectivity index (χ4v) is 2.94. The maximum Gasteiger partial charge on any atom is 0.0628 e. The molecule has 0 aromatic heterocycles. The third-order valence-corrected chi connectivity index (χ3v) is 4.71. The molecular weight excluding hydrogens is 230 g/mol. The van der Waals surface area contributed by atoms with Gasteiger partial charge in [-0.2, -0.15) is 0 Å². The van der Waals surface area contributed by atoms with Crippen molar-refractivity contribution in [1.29, 1.82) is 0 Å². The summed E-state index contributed by atoms with van der Waals surface area (Å²) in [6, 6.07) is 8.51. The zero-order chi connectivity index (χ0) is 13.0. The van der Waals surface area contributed by atoms with E-state index in [1.807, 2.05) is 20.8 Å². The molecule has 3 heteroatoms. The maximum absolute atomic E-state index is 9.59. The Bertz CT molecular complexity index is 352. The van der Waals surface area contributed by atoms with Crippen LogP contribution in [0.25, 0.3) is 0 Å². The lowest BCUT2D eigenvalue weighted by Crippen LogP contribution is -2.26. The van der Waals surface area contributed by atoms with Crippen molar-refractivity contribution in [2.75, 3.05) is 0 Å². The van der Waals surface area contributed by atoms with Crippen molar-refractivity contribution in [2.45, 2.75) is 50.3 Å². The van der Waals surface area contributed by atoms with Crippen LogP contribution >= 0.6 is 11.8 Å². The van der Waals surface area contributed by atoms with Crippen LogP contribution in [-0.4, -0.2) is 22.5 Å². The monoisotopic (exact) mass is 253 g/mol. The number of nitrogens with two attached hydrogens (primary N) is 1. The van der Waals surface area contributed by atoms with E-state index in [0.29, 0.717) is 0 Å². The summed E-state index contributed by atoms with van der Waals surface area (Å²) in [7, 11) is 0. The second-order valence-electron chi connectivity index (χ2n) is 4.78. The van der Waals surface area contributed by atoms with Crippen molar-refractivity contribution in [3.63, 3.8) is 0 Å². The van der Waals surface area contributed by atoms with E-state index in [-0.39, 0.29) is 22.6 Å². The van der Waals surface area contributed by atoms with Crippen LogP contribution in [-0.2, 0) is 0 Å². The molecule has 0 heterocycles. The van der Waals surface area contributed by atoms with Crippen molar-refractivity contribution in [2.24, 2.45) is 5.73 Å². The van der Waals surface area contributed by atoms with Crippen LogP contribution < -0.4 is 5.73 Å². The molecule has 1 aromatic rings. The molecule has 1 rings (SSSR count). The van der Waals surface area contributed by atoms with Gasteiger partial charge in [-0.15, -0.1) is 11.8 Å². The van der Waals surface area contributed by atoms with E-state index < -0.39 is 0 Å². The first-order chi connectivity index (χ1) is 7.91. The van der Waals surface area contributed by atoms with Crippen LogP contribution in [0.3, 0.4) is 0 Å². The number of aliphatic hydroxyl groups is 1. The third kappa shape index (κ3) is 4.34. The lowest BCUT2D eigenvalue weighted by molar-refractivity contribution is 0.196. The predicted octanol–water partition coefficient (Wildman–Crippen LogP) is 2.89. The first-order valence-electron chi connectivity index (χ1n) is 6.07. The summed E-state index contributed by atoms with van der Waals surface area (Å²) in [6.07, 6.45) is -0.314. The van der Waals surface area contributed by atoms with Crippen LogP contribution in [0.4, 0.5) is 0 Å². The Morgan fingerprint density at radius 1 is 1.24 bits per heavy atom. The van der Waals surface area contributed by atoms with Crippen LogP contribution in [0.1, 0.15) is 37.1 Å². The molecule has 2 nitrogen and oxygen atoms in total. The third-order valence-electron chi connectivity index (χ3n) is 2.89. The van der Waals surface area contributed by atoms with Crippen LogP contribution in [0.2, 0.25) is 0 Å². The second-order valence-corrected chi connectivity index (χ2v) is 6.30. The summed E-state index contributed by atoms with van der Waals surface area (Å²) in [6.45, 7) is 7.98. The minimum atomic E-state index is -0.314. The van der Waals surface area contributed by atoms with Crippen molar-refractivity contribution in [3.05, 3.63) is 35.4 Å². The van der Waals surface area contributed by atoms with Gasteiger partial charge in [0.1, 0.15) is 0 Å². The minimum Gasteiger partial charge on any atom is -0.392 e. The van der Waals surface area contributed by atoms with Crippen molar-refractivity contribution < 1.29 is 5.11 Å². The Kier molecular flexibility index (Phi) is 5.50. The smallest absolute Gasteiger partial charge is 0.0628 e. The second kappa shape index (κ2) is 6.43. The Hall–Kier alpha value is -0.510. The predicted molar refractivity (Wildman–Crippen MR) is 76.3 cm³/mol. The molecular formula is C14H23NOS. The molecule has 3 N–H and O–H groups in total. The molecule has 0 amide bonds. The van der Waals surface area contributed by atoms with Gasteiger partial charge in [0, 0.05) is 16.5 Å². The zero-order valence-corrected chi connectivity index (χ0v) is 11.9. The highest BCUT2D eigenvalue weighted by Gasteiger charge is 2.22. The van der Waals surface area contributed by atoms with Gasteiger partial charge in [0.25, 0.3) is 0 Å². The van der Waals surface area contributed by atoms with Gasteiger partial charge < -0.3 is 10.8 Å². The number of hydrogen-bond acceptors (Lipinski definition) is 3. The standard InChI is InChI=1S/C14H23NOS/c1-9-6-5-7-13(8-9)14(10(2)15)17-12(4)11(3)16/h5-8,10-12,14,16H,15H2,1-4H3. The normalized spacial score (nSPS) is 18.5. The number of aryl methyl sites for hydroxylation is 1. The highest BCUT2D eigenvalue weighted by atomic mass is 32.2. The highest BCUT2D eigenvalue weighted by Crippen LogP contribution is 2.35. The average Bonchev–Trinajstić information content (AvgIpc) is 2.24. The highest BCUT2D eigenvalue weighted by molar-refractivity contribution is 8.00. The van der Waals surface area contributed by atoms with Crippen molar-refractivity contribution >= 4 is 11.8 Å². The maximum atomic E-state index is 9.59. The molecule has 4 unspecified atom stereocenters. The van der Waals surface area contributed by atoms with Gasteiger partial charge in [-0.1, -0.05) is 36.8 Å². The Morgan fingerprint density at radius 3 is 2.35 bits per heavy atom. The molecule has 17 heavy (non-hydrogen) atoms. The van der Waals surface area contributed by atoms with E-state index >= 15 is 0 Å². The Morgan fingerprint density at radius 2 is 1.88 bits per heavy atom.